The molecule has 0 aromatic rings. The second kappa shape index (κ2) is 10.1. The third kappa shape index (κ3) is 4.12. The molecule has 0 aromatic carbocycles. The molecular formula is C37H62N2O6. The number of nitrogens with two attached hydrogens (primary N) is 1. The molecule has 5 saturated carbocycles. The summed E-state index contributed by atoms with van der Waals surface area (Å²) in [6.07, 6.45) is 8.44. The monoisotopic (exact) mass is 630 g/mol. The lowest BCUT2D eigenvalue weighted by Gasteiger charge is -2.64. The highest BCUT2D eigenvalue weighted by Crippen LogP contribution is 2.89. The van der Waals surface area contributed by atoms with Crippen LogP contribution in [0.25, 0.3) is 0 Å². The minimum Gasteiger partial charge on any atom is -0.390 e. The first kappa shape index (κ1) is 31.9. The fraction of sp³-hybridized carbons (Fsp3) is 1.00. The van der Waals surface area contributed by atoms with Crippen LogP contribution in [0, 0.1) is 50.7 Å². The third-order valence-electron chi connectivity index (χ3n) is 16.5. The molecule has 4 N–H and O–H groups in total. The van der Waals surface area contributed by atoms with E-state index in [9.17, 15) is 10.2 Å². The van der Waals surface area contributed by atoms with Crippen molar-refractivity contribution in [2.75, 3.05) is 32.9 Å². The van der Waals surface area contributed by atoms with E-state index in [-0.39, 0.29) is 40.8 Å². The fourth-order valence-corrected chi connectivity index (χ4v) is 13.9. The molecule has 8 fully saturated rings. The number of aliphatic hydroxyl groups is 2. The van der Waals surface area contributed by atoms with Gasteiger partial charge < -0.3 is 34.9 Å². The SMILES string of the molecule is C[C@@H]1C[C@H]([C@H](N)C(C)(C)O)O[C@H]2[C@H]1[C@@]1(C)CC[C@@]34CC35CCC(OC3CN(C6COC6)CCO3)C(C)(C)[C@@H]5CC[C@H]4[C@]1(C)[C@H]2O. The van der Waals surface area contributed by atoms with Crippen molar-refractivity contribution < 1.29 is 29.2 Å². The van der Waals surface area contributed by atoms with Crippen molar-refractivity contribution in [3.8, 4) is 0 Å². The van der Waals surface area contributed by atoms with E-state index in [4.69, 9.17) is 24.7 Å². The molecule has 5 aliphatic carbocycles. The summed E-state index contributed by atoms with van der Waals surface area (Å²) in [5.74, 6) is 1.85. The summed E-state index contributed by atoms with van der Waals surface area (Å²) in [5.41, 5.74) is 6.15. The lowest BCUT2D eigenvalue weighted by molar-refractivity contribution is -0.256. The normalized spacial score (nSPS) is 54.9. The van der Waals surface area contributed by atoms with Gasteiger partial charge in [0.2, 0.25) is 0 Å². The summed E-state index contributed by atoms with van der Waals surface area (Å²) in [5, 5.41) is 23.2. The first-order valence-corrected chi connectivity index (χ1v) is 18.5. The number of nitrogens with zero attached hydrogens (tertiary/aromatic N) is 1. The number of fused-ring (bicyclic) bond motifs is 4. The zero-order valence-electron chi connectivity index (χ0n) is 29.1. The van der Waals surface area contributed by atoms with Gasteiger partial charge in [-0.25, -0.2) is 0 Å². The van der Waals surface area contributed by atoms with Crippen LogP contribution in [0.1, 0.15) is 99.8 Å². The summed E-state index contributed by atoms with van der Waals surface area (Å²) >= 11 is 0. The smallest absolute Gasteiger partial charge is 0.170 e. The Kier molecular flexibility index (Phi) is 7.18. The molecule has 3 aliphatic heterocycles. The number of morpholine rings is 1. The number of rotatable bonds is 5. The van der Waals surface area contributed by atoms with Crippen molar-refractivity contribution in [3.63, 3.8) is 0 Å². The standard InChI is InChI=1S/C37H62N2O6/c1-21-16-23(30(38)33(4,5)41)44-29-28(21)34(6)12-13-37-20-36(37)11-10-26(45-27-17-39(14-15-43-27)22-18-42-19-22)32(2,3)24(36)8-9-25(37)35(34,7)31(29)40/h21-31,40-41H,8-20,38H2,1-7H3/t21-,23-,24+,25+,26?,27?,28+,29+,30+,31+,34-,35-,36?,37+/m1/s1. The maximum atomic E-state index is 12.5. The highest BCUT2D eigenvalue weighted by atomic mass is 16.7. The molecule has 0 amide bonds. The van der Waals surface area contributed by atoms with E-state index in [1.165, 1.54) is 38.5 Å². The zero-order chi connectivity index (χ0) is 31.9. The Balaban J connectivity index is 1.03. The van der Waals surface area contributed by atoms with E-state index in [2.05, 4.69) is 39.5 Å². The molecule has 3 unspecified atom stereocenters. The van der Waals surface area contributed by atoms with E-state index in [1.807, 2.05) is 0 Å². The molecule has 3 saturated heterocycles. The molecule has 8 heteroatoms. The zero-order valence-corrected chi connectivity index (χ0v) is 29.1. The van der Waals surface area contributed by atoms with Crippen LogP contribution >= 0.6 is 0 Å². The maximum absolute atomic E-state index is 12.5. The van der Waals surface area contributed by atoms with Gasteiger partial charge in [0.05, 0.1) is 68.5 Å². The van der Waals surface area contributed by atoms with E-state index in [0.29, 0.717) is 40.5 Å². The summed E-state index contributed by atoms with van der Waals surface area (Å²) in [6.45, 7) is 20.1. The molecule has 8 aliphatic rings. The van der Waals surface area contributed by atoms with Gasteiger partial charge in [-0.2, -0.15) is 0 Å². The van der Waals surface area contributed by atoms with Crippen LogP contribution in [-0.4, -0.2) is 96.4 Å². The highest BCUT2D eigenvalue weighted by molar-refractivity contribution is 5.33. The van der Waals surface area contributed by atoms with Crippen molar-refractivity contribution in [1.82, 2.24) is 4.90 Å². The van der Waals surface area contributed by atoms with Gasteiger partial charge in [0.15, 0.2) is 6.29 Å². The van der Waals surface area contributed by atoms with Gasteiger partial charge >= 0.3 is 0 Å². The van der Waals surface area contributed by atoms with Crippen molar-refractivity contribution >= 4 is 0 Å². The molecule has 2 spiro atoms. The Morgan fingerprint density at radius 1 is 1.00 bits per heavy atom. The van der Waals surface area contributed by atoms with Crippen molar-refractivity contribution in [2.45, 2.75) is 148 Å². The molecule has 45 heavy (non-hydrogen) atoms. The van der Waals surface area contributed by atoms with Gasteiger partial charge in [-0.05, 0) is 111 Å². The quantitative estimate of drug-likeness (QED) is 0.412. The van der Waals surface area contributed by atoms with E-state index in [0.717, 1.165) is 45.8 Å². The van der Waals surface area contributed by atoms with Gasteiger partial charge in [0.1, 0.15) is 0 Å². The minimum atomic E-state index is -1.02. The van der Waals surface area contributed by atoms with Crippen LogP contribution in [0.15, 0.2) is 0 Å². The number of hydrogen-bond donors (Lipinski definition) is 3. The van der Waals surface area contributed by atoms with Crippen LogP contribution in [-0.2, 0) is 18.9 Å². The highest BCUT2D eigenvalue weighted by Gasteiger charge is 2.84. The van der Waals surface area contributed by atoms with E-state index in [1.54, 1.807) is 13.8 Å². The minimum absolute atomic E-state index is 0.0261. The van der Waals surface area contributed by atoms with Gasteiger partial charge in [-0.15, -0.1) is 0 Å². The van der Waals surface area contributed by atoms with Crippen molar-refractivity contribution in [1.29, 1.82) is 0 Å². The fourth-order valence-electron chi connectivity index (χ4n) is 13.9. The second-order valence-electron chi connectivity index (χ2n) is 18.8. The van der Waals surface area contributed by atoms with Crippen molar-refractivity contribution in [2.24, 2.45) is 56.5 Å². The molecule has 0 radical (unpaired) electrons. The van der Waals surface area contributed by atoms with Crippen molar-refractivity contribution in [3.05, 3.63) is 0 Å². The van der Waals surface area contributed by atoms with Gasteiger partial charge in [0, 0.05) is 12.0 Å². The number of ether oxygens (including phenoxy) is 4. The van der Waals surface area contributed by atoms with Gasteiger partial charge in [-0.3, -0.25) is 4.90 Å². The molecule has 3 heterocycles. The predicted octanol–water partition coefficient (Wildman–Crippen LogP) is 4.34. The summed E-state index contributed by atoms with van der Waals surface area (Å²) < 4.78 is 25.4. The first-order chi connectivity index (χ1) is 21.1. The summed E-state index contributed by atoms with van der Waals surface area (Å²) in [6, 6.07) is 0.0497. The van der Waals surface area contributed by atoms with E-state index >= 15 is 0 Å². The molecule has 256 valence electrons. The van der Waals surface area contributed by atoms with Gasteiger partial charge in [-0.1, -0.05) is 34.6 Å². The Morgan fingerprint density at radius 3 is 2.40 bits per heavy atom. The molecule has 0 bridgehead atoms. The first-order valence-electron chi connectivity index (χ1n) is 18.5. The maximum Gasteiger partial charge on any atom is 0.170 e. The van der Waals surface area contributed by atoms with Crippen LogP contribution in [0.5, 0.6) is 0 Å². The predicted molar refractivity (Wildman–Crippen MR) is 171 cm³/mol. The molecule has 8 rings (SSSR count). The second-order valence-corrected chi connectivity index (χ2v) is 18.8. The van der Waals surface area contributed by atoms with Gasteiger partial charge in [0.25, 0.3) is 0 Å². The summed E-state index contributed by atoms with van der Waals surface area (Å²) in [7, 11) is 0. The summed E-state index contributed by atoms with van der Waals surface area (Å²) in [4.78, 5) is 2.51. The molecule has 8 nitrogen and oxygen atoms in total. The average Bonchev–Trinajstić information content (AvgIpc) is 3.57. The Hall–Kier alpha value is -0.320. The van der Waals surface area contributed by atoms with E-state index < -0.39 is 17.7 Å². The molecule has 0 aromatic heterocycles. The Labute approximate surface area is 271 Å². The Bertz CT molecular complexity index is 1170. The van der Waals surface area contributed by atoms with Crippen LogP contribution in [0.3, 0.4) is 0 Å². The number of hydrogen-bond acceptors (Lipinski definition) is 8. The largest absolute Gasteiger partial charge is 0.390 e. The Morgan fingerprint density at radius 2 is 1.71 bits per heavy atom. The van der Waals surface area contributed by atoms with Crippen LogP contribution in [0.4, 0.5) is 0 Å². The topological polar surface area (TPSA) is 107 Å². The molecular weight excluding hydrogens is 568 g/mol. The lowest BCUT2D eigenvalue weighted by Crippen LogP contribution is -2.60. The van der Waals surface area contributed by atoms with Crippen LogP contribution in [0.2, 0.25) is 0 Å². The number of aliphatic hydroxyl groups excluding tert-OH is 1. The molecule has 14 atom stereocenters. The average molecular weight is 631 g/mol. The third-order valence-corrected chi connectivity index (χ3v) is 16.5. The lowest BCUT2D eigenvalue weighted by atomic mass is 9.41. The van der Waals surface area contributed by atoms with Crippen LogP contribution < -0.4 is 5.73 Å².